The van der Waals surface area contributed by atoms with Crippen molar-refractivity contribution in [3.63, 3.8) is 0 Å². The molecule has 0 radical (unpaired) electrons. The van der Waals surface area contributed by atoms with Crippen molar-refractivity contribution in [2.24, 2.45) is 47.3 Å². The van der Waals surface area contributed by atoms with Crippen LogP contribution in [0, 0.1) is 47.3 Å². The standard InChI is InChI=1S/C12H16O4.2C11H16O5/c1-7-11-8(5-13)3-4-9(11)10(6-16-7)12(14)15-2;2*1-15-10(13)8-5-16-11(14)9-6(4-12)2-3-7(8)9/h3,6-7,9,11,13H,4-5H2,1-2H3;2*5-7,9,11-12,14H,2-4H2,1H3/t7-,9+,11+;6-,7+,9+,11+;6-,7-,9-,11-/m001/s1. The number of aliphatic hydroxyl groups is 5. The van der Waals surface area contributed by atoms with Crippen LogP contribution in [0.25, 0.3) is 0 Å². The predicted molar refractivity (Wildman–Crippen MR) is 165 cm³/mol. The molecule has 0 amide bonds. The molecule has 0 unspecified atom stereocenters. The second kappa shape index (κ2) is 16.8. The van der Waals surface area contributed by atoms with Crippen LogP contribution in [0.4, 0.5) is 0 Å². The Morgan fingerprint density at radius 2 is 1.10 bits per heavy atom. The van der Waals surface area contributed by atoms with Gasteiger partial charge >= 0.3 is 17.9 Å². The fourth-order valence-corrected chi connectivity index (χ4v) is 8.11. The molecule has 6 rings (SSSR count). The van der Waals surface area contributed by atoms with Crippen LogP contribution in [0.1, 0.15) is 39.0 Å². The molecule has 3 aliphatic heterocycles. The van der Waals surface area contributed by atoms with Crippen molar-refractivity contribution in [2.75, 3.05) is 41.2 Å². The van der Waals surface area contributed by atoms with Crippen LogP contribution in [0.15, 0.2) is 47.2 Å². The number of hydrogen-bond acceptors (Lipinski definition) is 14. The molecule has 48 heavy (non-hydrogen) atoms. The molecular formula is C34H48O14. The number of rotatable bonds is 6. The third kappa shape index (κ3) is 7.57. The van der Waals surface area contributed by atoms with Gasteiger partial charge in [-0.05, 0) is 56.4 Å². The highest BCUT2D eigenvalue weighted by Crippen LogP contribution is 2.47. The lowest BCUT2D eigenvalue weighted by molar-refractivity contribution is -0.147. The fourth-order valence-electron chi connectivity index (χ4n) is 8.11. The summed E-state index contributed by atoms with van der Waals surface area (Å²) >= 11 is 0. The number of fused-ring (bicyclic) bond motifs is 3. The van der Waals surface area contributed by atoms with E-state index >= 15 is 0 Å². The molecule has 6 aliphatic rings. The number of carbonyl (C=O) groups excluding carboxylic acids is 3. The zero-order chi connectivity index (χ0) is 35.1. The van der Waals surface area contributed by atoms with Crippen molar-refractivity contribution in [1.82, 2.24) is 0 Å². The summed E-state index contributed by atoms with van der Waals surface area (Å²) in [5.41, 5.74) is 2.47. The first-order valence-corrected chi connectivity index (χ1v) is 16.3. The van der Waals surface area contributed by atoms with E-state index in [0.29, 0.717) is 16.7 Å². The van der Waals surface area contributed by atoms with E-state index in [-0.39, 0.29) is 79.2 Å². The van der Waals surface area contributed by atoms with Gasteiger partial charge in [0.1, 0.15) is 6.10 Å². The lowest BCUT2D eigenvalue weighted by Gasteiger charge is -2.32. The van der Waals surface area contributed by atoms with Gasteiger partial charge in [0.15, 0.2) is 12.6 Å². The third-order valence-corrected chi connectivity index (χ3v) is 10.6. The third-order valence-electron chi connectivity index (χ3n) is 10.6. The number of allylic oxidation sites excluding steroid dienone is 1. The summed E-state index contributed by atoms with van der Waals surface area (Å²) in [7, 11) is 4.01. The van der Waals surface area contributed by atoms with E-state index in [2.05, 4.69) is 9.47 Å². The molecule has 2 saturated carbocycles. The minimum atomic E-state index is -0.932. The fraction of sp³-hybridized carbons (Fsp3) is 0.676. The zero-order valence-electron chi connectivity index (χ0n) is 27.7. The number of esters is 3. The number of carbonyl (C=O) groups is 3. The topological polar surface area (TPSA) is 208 Å². The molecule has 2 fully saturated rings. The Morgan fingerprint density at radius 1 is 0.688 bits per heavy atom. The van der Waals surface area contributed by atoms with Gasteiger partial charge in [0.05, 0.1) is 63.4 Å². The Hall–Kier alpha value is -3.43. The highest BCUT2D eigenvalue weighted by atomic mass is 16.6. The van der Waals surface area contributed by atoms with E-state index in [4.69, 9.17) is 18.9 Å². The summed E-state index contributed by atoms with van der Waals surface area (Å²) in [6.45, 7) is 2.01. The van der Waals surface area contributed by atoms with E-state index in [0.717, 1.165) is 37.7 Å². The van der Waals surface area contributed by atoms with Gasteiger partial charge < -0.3 is 54.0 Å². The summed E-state index contributed by atoms with van der Waals surface area (Å²) in [5, 5.41) is 47.1. The largest absolute Gasteiger partial charge is 0.497 e. The SMILES string of the molecule is COC(=O)C1=CO[C@@H](C)[C@@H]2C(CO)=CC[C@H]12.COC(=O)C1=CO[C@@H](O)[C@@H]2[C@@H](CO)CC[C@H]12.COC(=O)C1=CO[C@@H](O)[C@@H]2[C@H](CO)CC[C@H]12. The molecule has 5 N–H and O–H groups in total. The molecule has 3 aliphatic carbocycles. The van der Waals surface area contributed by atoms with E-state index < -0.39 is 24.5 Å². The highest BCUT2D eigenvalue weighted by Gasteiger charge is 2.48. The molecule has 14 heteroatoms. The van der Waals surface area contributed by atoms with Gasteiger partial charge in [0.25, 0.3) is 0 Å². The first-order chi connectivity index (χ1) is 23.1. The first-order valence-electron chi connectivity index (χ1n) is 16.3. The monoisotopic (exact) mass is 680 g/mol. The van der Waals surface area contributed by atoms with Crippen molar-refractivity contribution < 1.29 is 68.3 Å². The van der Waals surface area contributed by atoms with E-state index in [1.165, 1.54) is 40.1 Å². The molecule has 0 spiro atoms. The molecule has 14 nitrogen and oxygen atoms in total. The van der Waals surface area contributed by atoms with Crippen molar-refractivity contribution in [2.45, 2.75) is 57.7 Å². The van der Waals surface area contributed by atoms with Gasteiger partial charge in [-0.25, -0.2) is 14.4 Å². The van der Waals surface area contributed by atoms with Crippen LogP contribution in [0.5, 0.6) is 0 Å². The molecule has 0 aromatic rings. The first kappa shape index (κ1) is 37.4. The Balaban J connectivity index is 0.000000163. The van der Waals surface area contributed by atoms with Crippen molar-refractivity contribution in [3.8, 4) is 0 Å². The molecule has 0 aromatic carbocycles. The summed E-state index contributed by atoms with van der Waals surface area (Å²) < 4.78 is 29.6. The smallest absolute Gasteiger partial charge is 0.337 e. The normalized spacial score (nSPS) is 35.6. The van der Waals surface area contributed by atoms with Crippen LogP contribution in [-0.2, 0) is 42.8 Å². The van der Waals surface area contributed by atoms with Gasteiger partial charge in [-0.2, -0.15) is 0 Å². The molecular weight excluding hydrogens is 632 g/mol. The summed E-state index contributed by atoms with van der Waals surface area (Å²) in [4.78, 5) is 34.5. The average molecular weight is 681 g/mol. The second-order valence-electron chi connectivity index (χ2n) is 12.8. The van der Waals surface area contributed by atoms with Gasteiger partial charge in [0, 0.05) is 48.7 Å². The number of methoxy groups -OCH3 is 3. The van der Waals surface area contributed by atoms with E-state index in [1.807, 2.05) is 13.0 Å². The molecule has 0 aromatic heterocycles. The van der Waals surface area contributed by atoms with Crippen molar-refractivity contribution in [3.05, 3.63) is 47.2 Å². The zero-order valence-corrected chi connectivity index (χ0v) is 27.7. The molecule has 0 bridgehead atoms. The van der Waals surface area contributed by atoms with E-state index in [9.17, 15) is 39.9 Å². The minimum Gasteiger partial charge on any atom is -0.497 e. The predicted octanol–water partition coefficient (Wildman–Crippen LogP) is 1.07. The quantitative estimate of drug-likeness (QED) is 0.151. The minimum absolute atomic E-state index is 0.000642. The second-order valence-corrected chi connectivity index (χ2v) is 12.8. The van der Waals surface area contributed by atoms with Gasteiger partial charge in [0.2, 0.25) is 0 Å². The number of ether oxygens (including phenoxy) is 6. The average Bonchev–Trinajstić information content (AvgIpc) is 3.86. The van der Waals surface area contributed by atoms with Gasteiger partial charge in [-0.15, -0.1) is 0 Å². The lowest BCUT2D eigenvalue weighted by Crippen LogP contribution is -2.37. The Labute approximate surface area is 279 Å². The van der Waals surface area contributed by atoms with Crippen molar-refractivity contribution >= 4 is 17.9 Å². The van der Waals surface area contributed by atoms with Crippen LogP contribution in [0.3, 0.4) is 0 Å². The highest BCUT2D eigenvalue weighted by molar-refractivity contribution is 5.90. The van der Waals surface area contributed by atoms with Crippen molar-refractivity contribution in [1.29, 1.82) is 0 Å². The van der Waals surface area contributed by atoms with Gasteiger partial charge in [-0.1, -0.05) is 6.08 Å². The Bertz CT molecular complexity index is 1190. The maximum Gasteiger partial charge on any atom is 0.337 e. The molecule has 0 saturated heterocycles. The maximum atomic E-state index is 11.6. The molecule has 268 valence electrons. The maximum absolute atomic E-state index is 11.6. The summed E-state index contributed by atoms with van der Waals surface area (Å²) in [6.07, 6.45) is 8.12. The van der Waals surface area contributed by atoms with Crippen LogP contribution in [-0.4, -0.2) is 103 Å². The summed E-state index contributed by atoms with van der Waals surface area (Å²) in [6, 6.07) is 0. The summed E-state index contributed by atoms with van der Waals surface area (Å²) in [5.74, 6) is -1.52. The molecule has 3 heterocycles. The van der Waals surface area contributed by atoms with E-state index in [1.54, 1.807) is 0 Å². The Morgan fingerprint density at radius 3 is 1.50 bits per heavy atom. The number of aliphatic hydroxyl groups excluding tert-OH is 5. The van der Waals surface area contributed by atoms with Crippen LogP contribution < -0.4 is 0 Å². The van der Waals surface area contributed by atoms with Crippen LogP contribution >= 0.6 is 0 Å². The van der Waals surface area contributed by atoms with Crippen LogP contribution in [0.2, 0.25) is 0 Å². The van der Waals surface area contributed by atoms with Gasteiger partial charge in [-0.3, -0.25) is 0 Å². The lowest BCUT2D eigenvalue weighted by atomic mass is 9.81. The Kier molecular flexibility index (Phi) is 13.1. The molecule has 11 atom stereocenters. The number of hydrogen-bond donors (Lipinski definition) is 5.